The van der Waals surface area contributed by atoms with Gasteiger partial charge >= 0.3 is 5.97 Å². The van der Waals surface area contributed by atoms with Crippen molar-refractivity contribution < 1.29 is 19.1 Å². The van der Waals surface area contributed by atoms with E-state index in [2.05, 4.69) is 9.84 Å². The topological polar surface area (TPSA) is 122 Å². The summed E-state index contributed by atoms with van der Waals surface area (Å²) in [5.74, 6) is -0.329. The first-order valence-electron chi connectivity index (χ1n) is 7.16. The molecule has 8 nitrogen and oxygen atoms in total. The summed E-state index contributed by atoms with van der Waals surface area (Å²) in [6.07, 6.45) is 3.15. The van der Waals surface area contributed by atoms with Crippen LogP contribution in [-0.2, 0) is 14.3 Å². The summed E-state index contributed by atoms with van der Waals surface area (Å²) >= 11 is 0. The molecule has 2 heterocycles. The Morgan fingerprint density at radius 1 is 1.41 bits per heavy atom. The zero-order valence-electron chi connectivity index (χ0n) is 13.2. The number of rotatable bonds is 3. The lowest BCUT2D eigenvalue weighted by atomic mass is 10.1. The van der Waals surface area contributed by atoms with E-state index in [0.717, 1.165) is 12.8 Å². The van der Waals surface area contributed by atoms with Gasteiger partial charge in [0.2, 0.25) is 0 Å². The molecular formula is C14H24N4O4. The molecule has 124 valence electrons. The number of aromatic nitrogens is 2. The zero-order chi connectivity index (χ0) is 16.7. The molecule has 4 N–H and O–H groups in total. The first kappa shape index (κ1) is 18.0. The molecule has 0 atom stereocenters. The molecule has 0 unspecified atom stereocenters. The second-order valence-corrected chi connectivity index (χ2v) is 5.27. The van der Waals surface area contributed by atoms with Crippen molar-refractivity contribution in [1.29, 1.82) is 0 Å². The molecule has 0 radical (unpaired) electrons. The molecule has 0 aliphatic carbocycles. The Morgan fingerprint density at radius 2 is 2.00 bits per heavy atom. The van der Waals surface area contributed by atoms with Gasteiger partial charge in [0.1, 0.15) is 11.4 Å². The Kier molecular flexibility index (Phi) is 6.84. The third-order valence-electron chi connectivity index (χ3n) is 3.31. The molecular weight excluding hydrogens is 288 g/mol. The third kappa shape index (κ3) is 4.73. The number of anilines is 1. The van der Waals surface area contributed by atoms with Crippen molar-refractivity contribution in [2.24, 2.45) is 11.7 Å². The molecule has 0 spiro atoms. The third-order valence-corrected chi connectivity index (χ3v) is 3.31. The molecule has 0 aromatic carbocycles. The van der Waals surface area contributed by atoms with E-state index in [4.69, 9.17) is 16.2 Å². The Morgan fingerprint density at radius 3 is 2.36 bits per heavy atom. The van der Waals surface area contributed by atoms with Gasteiger partial charge in [-0.05, 0) is 12.8 Å². The smallest absolute Gasteiger partial charge is 0.308 e. The highest BCUT2D eigenvalue weighted by Gasteiger charge is 2.21. The summed E-state index contributed by atoms with van der Waals surface area (Å²) < 4.78 is 11.3. The minimum Gasteiger partial charge on any atom is -0.469 e. The van der Waals surface area contributed by atoms with E-state index in [1.165, 1.54) is 13.3 Å². The Hall–Kier alpha value is -2.09. The number of amides is 1. The van der Waals surface area contributed by atoms with Gasteiger partial charge in [0.25, 0.3) is 5.91 Å². The normalized spacial score (nSPS) is 15.1. The highest BCUT2D eigenvalue weighted by atomic mass is 16.5. The maximum atomic E-state index is 11.0. The summed E-state index contributed by atoms with van der Waals surface area (Å²) in [5, 5.41) is 4.10. The molecule has 0 saturated carbocycles. The summed E-state index contributed by atoms with van der Waals surface area (Å²) in [7, 11) is 1.39. The Balaban J connectivity index is 0.000000295. The average Bonchev–Trinajstić information content (AvgIpc) is 2.89. The Labute approximate surface area is 129 Å². The predicted molar refractivity (Wildman–Crippen MR) is 81.1 cm³/mol. The predicted octanol–water partition coefficient (Wildman–Crippen LogP) is 0.731. The molecule has 0 bridgehead atoms. The van der Waals surface area contributed by atoms with E-state index in [-0.39, 0.29) is 17.9 Å². The fourth-order valence-electron chi connectivity index (χ4n) is 2.02. The molecule has 2 rings (SSSR count). The lowest BCUT2D eigenvalue weighted by Crippen LogP contribution is -2.22. The lowest BCUT2D eigenvalue weighted by Gasteiger charge is -2.23. The second-order valence-electron chi connectivity index (χ2n) is 5.27. The van der Waals surface area contributed by atoms with Crippen LogP contribution >= 0.6 is 0 Å². The zero-order valence-corrected chi connectivity index (χ0v) is 13.2. The van der Waals surface area contributed by atoms with Crippen molar-refractivity contribution in [3.8, 4) is 0 Å². The molecule has 1 fully saturated rings. The van der Waals surface area contributed by atoms with Crippen molar-refractivity contribution in [3.63, 3.8) is 0 Å². The number of hydrogen-bond acceptors (Lipinski definition) is 6. The summed E-state index contributed by atoms with van der Waals surface area (Å²) in [6, 6.07) is 0.215. The maximum absolute atomic E-state index is 11.0. The van der Waals surface area contributed by atoms with Crippen LogP contribution in [0.1, 0.15) is 43.1 Å². The van der Waals surface area contributed by atoms with Crippen LogP contribution in [0.25, 0.3) is 0 Å². The van der Waals surface area contributed by atoms with Gasteiger partial charge in [-0.3, -0.25) is 9.59 Å². The van der Waals surface area contributed by atoms with Crippen molar-refractivity contribution in [3.05, 3.63) is 11.8 Å². The SMILES string of the molecule is COC(=O)C(C)C.NC(=O)c1cnn(C2CCOCC2)c1N. The minimum absolute atomic E-state index is 0.00463. The highest BCUT2D eigenvalue weighted by Crippen LogP contribution is 2.24. The molecule has 1 aromatic heterocycles. The molecule has 1 aromatic rings. The van der Waals surface area contributed by atoms with E-state index in [1.807, 2.05) is 0 Å². The highest BCUT2D eigenvalue weighted by molar-refractivity contribution is 5.96. The van der Waals surface area contributed by atoms with Crippen molar-refractivity contribution in [2.45, 2.75) is 32.7 Å². The van der Waals surface area contributed by atoms with Crippen LogP contribution < -0.4 is 11.5 Å². The van der Waals surface area contributed by atoms with Gasteiger partial charge in [0, 0.05) is 13.2 Å². The van der Waals surface area contributed by atoms with Crippen LogP contribution in [0.3, 0.4) is 0 Å². The molecule has 1 aliphatic rings. The van der Waals surface area contributed by atoms with Gasteiger partial charge < -0.3 is 20.9 Å². The van der Waals surface area contributed by atoms with E-state index in [0.29, 0.717) is 24.6 Å². The van der Waals surface area contributed by atoms with E-state index in [9.17, 15) is 9.59 Å². The lowest BCUT2D eigenvalue weighted by molar-refractivity contribution is -0.144. The van der Waals surface area contributed by atoms with Crippen molar-refractivity contribution in [2.75, 3.05) is 26.1 Å². The van der Waals surface area contributed by atoms with Gasteiger partial charge in [0.05, 0.1) is 25.3 Å². The summed E-state index contributed by atoms with van der Waals surface area (Å²) in [6.45, 7) is 5.00. The van der Waals surface area contributed by atoms with Gasteiger partial charge in [-0.15, -0.1) is 0 Å². The molecule has 1 amide bonds. The second kappa shape index (κ2) is 8.38. The Bertz CT molecular complexity index is 507. The number of esters is 1. The first-order chi connectivity index (χ1) is 10.4. The quantitative estimate of drug-likeness (QED) is 0.793. The van der Waals surface area contributed by atoms with Crippen molar-refractivity contribution >= 4 is 17.7 Å². The fraction of sp³-hybridized carbons (Fsp3) is 0.643. The number of hydrogen-bond donors (Lipinski definition) is 2. The number of primary amides is 1. The number of carbonyl (C=O) groups is 2. The maximum Gasteiger partial charge on any atom is 0.308 e. The molecule has 8 heteroatoms. The van der Waals surface area contributed by atoms with Crippen LogP contribution in [0.15, 0.2) is 6.20 Å². The van der Waals surface area contributed by atoms with Crippen LogP contribution in [0.4, 0.5) is 5.82 Å². The van der Waals surface area contributed by atoms with Crippen LogP contribution in [0, 0.1) is 5.92 Å². The summed E-state index contributed by atoms with van der Waals surface area (Å²) in [5.41, 5.74) is 11.2. The summed E-state index contributed by atoms with van der Waals surface area (Å²) in [4.78, 5) is 21.3. The number of nitrogens with zero attached hydrogens (tertiary/aromatic N) is 2. The van der Waals surface area contributed by atoms with E-state index >= 15 is 0 Å². The van der Waals surface area contributed by atoms with Gasteiger partial charge in [-0.1, -0.05) is 13.8 Å². The number of carbonyl (C=O) groups excluding carboxylic acids is 2. The fourth-order valence-corrected chi connectivity index (χ4v) is 2.02. The largest absolute Gasteiger partial charge is 0.469 e. The van der Waals surface area contributed by atoms with Gasteiger partial charge in [-0.25, -0.2) is 4.68 Å². The number of nitrogen functional groups attached to an aromatic ring is 1. The molecule has 1 saturated heterocycles. The number of methoxy groups -OCH3 is 1. The van der Waals surface area contributed by atoms with Crippen LogP contribution in [0.2, 0.25) is 0 Å². The number of ether oxygens (including phenoxy) is 2. The van der Waals surface area contributed by atoms with E-state index < -0.39 is 5.91 Å². The van der Waals surface area contributed by atoms with Crippen molar-refractivity contribution in [1.82, 2.24) is 9.78 Å². The van der Waals surface area contributed by atoms with Crippen LogP contribution in [-0.4, -0.2) is 42.0 Å². The standard InChI is InChI=1S/C9H14N4O2.C5H10O2/c10-8-7(9(11)14)5-12-13(8)6-1-3-15-4-2-6;1-4(2)5(6)7-3/h5-6H,1-4,10H2,(H2,11,14);4H,1-3H3. The number of nitrogens with two attached hydrogens (primary N) is 2. The van der Waals surface area contributed by atoms with E-state index in [1.54, 1.807) is 18.5 Å². The molecule has 1 aliphatic heterocycles. The van der Waals surface area contributed by atoms with Gasteiger partial charge in [-0.2, -0.15) is 5.10 Å². The minimum atomic E-state index is -0.536. The molecule has 22 heavy (non-hydrogen) atoms. The first-order valence-corrected chi connectivity index (χ1v) is 7.16. The monoisotopic (exact) mass is 312 g/mol. The average molecular weight is 312 g/mol. The van der Waals surface area contributed by atoms with Gasteiger partial charge in [0.15, 0.2) is 0 Å². The van der Waals surface area contributed by atoms with Crippen LogP contribution in [0.5, 0.6) is 0 Å².